The number of aliphatic hydroxyl groups excluding tert-OH is 1. The topological polar surface area (TPSA) is 45.4 Å². The van der Waals surface area contributed by atoms with E-state index in [9.17, 15) is 5.11 Å². The van der Waals surface area contributed by atoms with E-state index >= 15 is 0 Å². The molecule has 2 unspecified atom stereocenters. The van der Waals surface area contributed by atoms with Crippen LogP contribution in [0.3, 0.4) is 0 Å². The highest BCUT2D eigenvalue weighted by Crippen LogP contribution is 2.11. The van der Waals surface area contributed by atoms with E-state index in [1.165, 1.54) is 0 Å². The summed E-state index contributed by atoms with van der Waals surface area (Å²) in [6.45, 7) is 6.21. The molecule has 78 valence electrons. The maximum absolute atomic E-state index is 9.64. The Morgan fingerprint density at radius 2 is 2.50 bits per heavy atom. The van der Waals surface area contributed by atoms with Crippen LogP contribution in [0.25, 0.3) is 0 Å². The van der Waals surface area contributed by atoms with Gasteiger partial charge in [-0.25, -0.2) is 0 Å². The van der Waals surface area contributed by atoms with Crippen LogP contribution in [0.4, 0.5) is 0 Å². The van der Waals surface area contributed by atoms with Gasteiger partial charge in [0, 0.05) is 12.6 Å². The molecule has 0 spiro atoms. The van der Waals surface area contributed by atoms with Crippen LogP contribution in [0.5, 0.6) is 0 Å². The second-order valence-corrected chi connectivity index (χ2v) is 3.36. The molecule has 1 aromatic heterocycles. The monoisotopic (exact) mass is 195 g/mol. The molecule has 0 aliphatic heterocycles. The minimum Gasteiger partial charge on any atom is -0.467 e. The van der Waals surface area contributed by atoms with Gasteiger partial charge < -0.3 is 14.8 Å². The van der Waals surface area contributed by atoms with E-state index < -0.39 is 6.10 Å². The second-order valence-electron chi connectivity index (χ2n) is 3.36. The highest BCUT2D eigenvalue weighted by molar-refractivity contribution is 5.02. The van der Waals surface area contributed by atoms with Gasteiger partial charge in [-0.15, -0.1) is 6.58 Å². The fourth-order valence-corrected chi connectivity index (χ4v) is 1.23. The number of rotatable bonds is 6. The molecule has 0 amide bonds. The predicted molar refractivity (Wildman–Crippen MR) is 55.9 cm³/mol. The zero-order valence-corrected chi connectivity index (χ0v) is 8.44. The molecule has 1 heterocycles. The fraction of sp³-hybridized carbons (Fsp3) is 0.455. The van der Waals surface area contributed by atoms with E-state index in [1.807, 2.05) is 6.08 Å². The summed E-state index contributed by atoms with van der Waals surface area (Å²) in [5, 5.41) is 12.8. The number of aliphatic hydroxyl groups is 1. The zero-order valence-electron chi connectivity index (χ0n) is 8.44. The molecule has 0 bridgehead atoms. The first-order valence-electron chi connectivity index (χ1n) is 4.79. The lowest BCUT2D eigenvalue weighted by atomic mass is 10.2. The molecule has 0 saturated heterocycles. The van der Waals surface area contributed by atoms with Crippen LogP contribution in [-0.4, -0.2) is 17.7 Å². The van der Waals surface area contributed by atoms with E-state index in [0.29, 0.717) is 18.3 Å². The Bertz CT molecular complexity index is 256. The maximum Gasteiger partial charge on any atom is 0.133 e. The highest BCUT2D eigenvalue weighted by Gasteiger charge is 2.10. The Labute approximate surface area is 84.4 Å². The summed E-state index contributed by atoms with van der Waals surface area (Å²) in [6, 6.07) is 3.87. The first kappa shape index (κ1) is 11.0. The van der Waals surface area contributed by atoms with Crippen LogP contribution in [0.1, 0.15) is 25.2 Å². The predicted octanol–water partition coefficient (Wildman–Crippen LogP) is 1.87. The molecule has 0 radical (unpaired) electrons. The second kappa shape index (κ2) is 5.62. The molecule has 0 saturated carbocycles. The average molecular weight is 195 g/mol. The van der Waals surface area contributed by atoms with Crippen molar-refractivity contribution in [1.82, 2.24) is 5.32 Å². The van der Waals surface area contributed by atoms with Crippen molar-refractivity contribution in [1.29, 1.82) is 0 Å². The van der Waals surface area contributed by atoms with Crippen molar-refractivity contribution < 1.29 is 9.52 Å². The van der Waals surface area contributed by atoms with Crippen LogP contribution in [-0.2, 0) is 0 Å². The molecule has 3 nitrogen and oxygen atoms in total. The van der Waals surface area contributed by atoms with Crippen molar-refractivity contribution in [3.63, 3.8) is 0 Å². The Kier molecular flexibility index (Phi) is 4.43. The fourth-order valence-electron chi connectivity index (χ4n) is 1.23. The summed E-state index contributed by atoms with van der Waals surface area (Å²) in [5.41, 5.74) is 0. The zero-order chi connectivity index (χ0) is 10.4. The van der Waals surface area contributed by atoms with Crippen molar-refractivity contribution in [2.24, 2.45) is 0 Å². The first-order valence-corrected chi connectivity index (χ1v) is 4.79. The van der Waals surface area contributed by atoms with Gasteiger partial charge in [0.05, 0.1) is 6.26 Å². The molecule has 0 aliphatic rings. The van der Waals surface area contributed by atoms with Gasteiger partial charge in [-0.1, -0.05) is 6.08 Å². The Balaban J connectivity index is 2.28. The van der Waals surface area contributed by atoms with Crippen LogP contribution in [0.15, 0.2) is 35.5 Å². The molecule has 1 aromatic rings. The minimum absolute atomic E-state index is 0.331. The van der Waals surface area contributed by atoms with Crippen molar-refractivity contribution >= 4 is 0 Å². The van der Waals surface area contributed by atoms with Crippen LogP contribution in [0, 0.1) is 0 Å². The van der Waals surface area contributed by atoms with Gasteiger partial charge in [-0.05, 0) is 25.5 Å². The third-order valence-corrected chi connectivity index (χ3v) is 2.05. The SMILES string of the molecule is C=CCC(C)NCC(O)c1ccco1. The molecule has 2 N–H and O–H groups in total. The molecule has 1 rings (SSSR count). The van der Waals surface area contributed by atoms with Crippen molar-refractivity contribution in [3.8, 4) is 0 Å². The van der Waals surface area contributed by atoms with E-state index in [2.05, 4.69) is 18.8 Å². The molecule has 0 aliphatic carbocycles. The standard InChI is InChI=1S/C11H17NO2/c1-3-5-9(2)12-8-10(13)11-6-4-7-14-11/h3-4,6-7,9-10,12-13H,1,5,8H2,2H3. The lowest BCUT2D eigenvalue weighted by Crippen LogP contribution is -2.29. The van der Waals surface area contributed by atoms with E-state index in [1.54, 1.807) is 18.4 Å². The maximum atomic E-state index is 9.64. The van der Waals surface area contributed by atoms with Crippen LogP contribution < -0.4 is 5.32 Å². The molecular formula is C11H17NO2. The molecular weight excluding hydrogens is 178 g/mol. The van der Waals surface area contributed by atoms with Gasteiger partial charge >= 0.3 is 0 Å². The largest absolute Gasteiger partial charge is 0.467 e. The summed E-state index contributed by atoms with van der Waals surface area (Å²) < 4.78 is 5.08. The number of hydrogen-bond donors (Lipinski definition) is 2. The first-order chi connectivity index (χ1) is 6.74. The summed E-state index contributed by atoms with van der Waals surface area (Å²) >= 11 is 0. The lowest BCUT2D eigenvalue weighted by Gasteiger charge is -2.14. The summed E-state index contributed by atoms with van der Waals surface area (Å²) in [5.74, 6) is 0.600. The number of furan rings is 1. The van der Waals surface area contributed by atoms with Crippen LogP contribution in [0.2, 0.25) is 0 Å². The van der Waals surface area contributed by atoms with Gasteiger partial charge in [-0.3, -0.25) is 0 Å². The smallest absolute Gasteiger partial charge is 0.133 e. The molecule has 14 heavy (non-hydrogen) atoms. The van der Waals surface area contributed by atoms with Gasteiger partial charge in [0.2, 0.25) is 0 Å². The summed E-state index contributed by atoms with van der Waals surface area (Å²) in [4.78, 5) is 0. The Hall–Kier alpha value is -1.06. The highest BCUT2D eigenvalue weighted by atomic mass is 16.4. The van der Waals surface area contributed by atoms with Gasteiger partial charge in [0.15, 0.2) is 0 Å². The van der Waals surface area contributed by atoms with E-state index in [0.717, 1.165) is 6.42 Å². The van der Waals surface area contributed by atoms with Gasteiger partial charge in [-0.2, -0.15) is 0 Å². The quantitative estimate of drug-likeness (QED) is 0.681. The van der Waals surface area contributed by atoms with Crippen molar-refractivity contribution in [3.05, 3.63) is 36.8 Å². The molecule has 0 aromatic carbocycles. The minimum atomic E-state index is -0.572. The van der Waals surface area contributed by atoms with Gasteiger partial charge in [0.25, 0.3) is 0 Å². The van der Waals surface area contributed by atoms with Crippen LogP contribution >= 0.6 is 0 Å². The van der Waals surface area contributed by atoms with E-state index in [4.69, 9.17) is 4.42 Å². The Morgan fingerprint density at radius 3 is 3.07 bits per heavy atom. The lowest BCUT2D eigenvalue weighted by molar-refractivity contribution is 0.144. The van der Waals surface area contributed by atoms with Gasteiger partial charge in [0.1, 0.15) is 11.9 Å². The van der Waals surface area contributed by atoms with E-state index in [-0.39, 0.29) is 0 Å². The third kappa shape index (κ3) is 3.36. The normalized spacial score (nSPS) is 15.0. The summed E-state index contributed by atoms with van der Waals surface area (Å²) in [7, 11) is 0. The number of hydrogen-bond acceptors (Lipinski definition) is 3. The summed E-state index contributed by atoms with van der Waals surface area (Å²) in [6.07, 6.45) is 3.74. The molecule has 0 fully saturated rings. The number of nitrogens with one attached hydrogen (secondary N) is 1. The average Bonchev–Trinajstić information content (AvgIpc) is 2.67. The Morgan fingerprint density at radius 1 is 1.71 bits per heavy atom. The molecule has 3 heteroatoms. The molecule has 2 atom stereocenters. The van der Waals surface area contributed by atoms with Crippen molar-refractivity contribution in [2.45, 2.75) is 25.5 Å². The van der Waals surface area contributed by atoms with Crippen molar-refractivity contribution in [2.75, 3.05) is 6.54 Å². The third-order valence-electron chi connectivity index (χ3n) is 2.05.